The molecule has 156 valence electrons. The van der Waals surface area contributed by atoms with Crippen LogP contribution in [0.1, 0.15) is 36.5 Å². The molecule has 8 heteroatoms. The molecule has 0 aliphatic carbocycles. The van der Waals surface area contributed by atoms with Crippen molar-refractivity contribution in [3.8, 4) is 5.75 Å². The van der Waals surface area contributed by atoms with E-state index < -0.39 is 30.2 Å². The fraction of sp³-hybridized carbons (Fsp3) is 0.381. The van der Waals surface area contributed by atoms with Gasteiger partial charge in [-0.05, 0) is 49.1 Å². The van der Waals surface area contributed by atoms with Gasteiger partial charge in [-0.2, -0.15) is 13.2 Å². The van der Waals surface area contributed by atoms with Crippen LogP contribution in [0.5, 0.6) is 5.75 Å². The Bertz CT molecular complexity index is 790. The fourth-order valence-corrected chi connectivity index (χ4v) is 3.12. The summed E-state index contributed by atoms with van der Waals surface area (Å²) in [5.74, 6) is 0.111. The second kappa shape index (κ2) is 9.17. The molecule has 1 N–H and O–H groups in total. The highest BCUT2D eigenvalue weighted by atomic mass is 19.4. The minimum absolute atomic E-state index is 0.111. The monoisotopic (exact) mass is 409 g/mol. The number of carbonyl (C=O) groups excluding carboxylic acids is 1. The summed E-state index contributed by atoms with van der Waals surface area (Å²) in [5.41, 5.74) is -0.287. The predicted octanol–water partition coefficient (Wildman–Crippen LogP) is 4.77. The van der Waals surface area contributed by atoms with Gasteiger partial charge in [0.1, 0.15) is 5.75 Å². The summed E-state index contributed by atoms with van der Waals surface area (Å²) in [4.78, 5) is 13.8. The fourth-order valence-electron chi connectivity index (χ4n) is 3.12. The Morgan fingerprint density at radius 1 is 0.966 bits per heavy atom. The van der Waals surface area contributed by atoms with Crippen LogP contribution < -0.4 is 4.74 Å². The number of hydrogen-bond donors (Lipinski definition) is 1. The Kier molecular flexibility index (Phi) is 6.64. The number of aliphatic hydroxyl groups is 1. The number of piperidine rings is 1. The standard InChI is InChI=1S/C21H22F3NO4/c22-21(23,24)16-9-11-17(12-10-16)28-18(15-7-3-1-4-8-15)19(26)29-20(27)25-13-5-2-6-14-25/h1,3-4,7-12,18-19,26H,2,5-6,13-14H2/t18-,19?/m1/s1. The third-order valence-electron chi connectivity index (χ3n) is 4.67. The molecule has 0 aromatic heterocycles. The summed E-state index contributed by atoms with van der Waals surface area (Å²) in [6.45, 7) is 1.11. The van der Waals surface area contributed by atoms with Crippen LogP contribution >= 0.6 is 0 Å². The highest BCUT2D eigenvalue weighted by molar-refractivity contribution is 5.67. The Morgan fingerprint density at radius 2 is 1.59 bits per heavy atom. The molecule has 1 aliphatic rings. The molecule has 0 bridgehead atoms. The first kappa shape index (κ1) is 21.0. The summed E-state index contributed by atoms with van der Waals surface area (Å²) >= 11 is 0. The molecular formula is C21H22F3NO4. The number of alkyl halides is 3. The van der Waals surface area contributed by atoms with E-state index >= 15 is 0 Å². The molecule has 3 rings (SSSR count). The van der Waals surface area contributed by atoms with Crippen molar-refractivity contribution < 1.29 is 32.5 Å². The van der Waals surface area contributed by atoms with E-state index in [0.717, 1.165) is 43.5 Å². The van der Waals surface area contributed by atoms with Crippen molar-refractivity contribution in [1.29, 1.82) is 0 Å². The maximum absolute atomic E-state index is 12.8. The van der Waals surface area contributed by atoms with Gasteiger partial charge >= 0.3 is 12.3 Å². The van der Waals surface area contributed by atoms with E-state index in [4.69, 9.17) is 9.47 Å². The van der Waals surface area contributed by atoms with E-state index in [1.165, 1.54) is 4.90 Å². The lowest BCUT2D eigenvalue weighted by atomic mass is 10.1. The van der Waals surface area contributed by atoms with E-state index in [2.05, 4.69) is 0 Å². The second-order valence-corrected chi connectivity index (χ2v) is 6.79. The first-order valence-corrected chi connectivity index (χ1v) is 9.37. The van der Waals surface area contributed by atoms with E-state index in [0.29, 0.717) is 18.7 Å². The summed E-state index contributed by atoms with van der Waals surface area (Å²) in [6, 6.07) is 12.7. The van der Waals surface area contributed by atoms with Gasteiger partial charge in [-0.1, -0.05) is 30.3 Å². The smallest absolute Gasteiger partial charge is 0.416 e. The predicted molar refractivity (Wildman–Crippen MR) is 99.2 cm³/mol. The van der Waals surface area contributed by atoms with E-state index in [1.807, 2.05) is 0 Å². The molecule has 1 fully saturated rings. The van der Waals surface area contributed by atoms with Crippen LogP contribution in [0.4, 0.5) is 18.0 Å². The molecule has 1 heterocycles. The van der Waals surface area contributed by atoms with Crippen LogP contribution in [0.2, 0.25) is 0 Å². The lowest BCUT2D eigenvalue weighted by Crippen LogP contribution is -2.40. The Balaban J connectivity index is 1.75. The number of rotatable bonds is 5. The number of halogens is 3. The van der Waals surface area contributed by atoms with E-state index in [1.54, 1.807) is 30.3 Å². The molecule has 0 spiro atoms. The summed E-state index contributed by atoms with van der Waals surface area (Å²) < 4.78 is 49.2. The zero-order valence-electron chi connectivity index (χ0n) is 15.6. The third kappa shape index (κ3) is 5.63. The molecule has 29 heavy (non-hydrogen) atoms. The second-order valence-electron chi connectivity index (χ2n) is 6.79. The minimum atomic E-state index is -4.46. The molecule has 1 aliphatic heterocycles. The van der Waals surface area contributed by atoms with Gasteiger partial charge in [-0.25, -0.2) is 4.79 Å². The van der Waals surface area contributed by atoms with Gasteiger partial charge in [0.2, 0.25) is 6.29 Å². The van der Waals surface area contributed by atoms with Crippen LogP contribution in [0.3, 0.4) is 0 Å². The minimum Gasteiger partial charge on any atom is -0.479 e. The van der Waals surface area contributed by atoms with Gasteiger partial charge in [0.25, 0.3) is 0 Å². The average molecular weight is 409 g/mol. The van der Waals surface area contributed by atoms with Crippen LogP contribution in [-0.4, -0.2) is 35.5 Å². The molecule has 2 aromatic rings. The van der Waals surface area contributed by atoms with Crippen molar-refractivity contribution in [3.63, 3.8) is 0 Å². The zero-order valence-corrected chi connectivity index (χ0v) is 15.6. The zero-order chi connectivity index (χ0) is 20.9. The lowest BCUT2D eigenvalue weighted by Gasteiger charge is -2.29. The molecule has 1 amide bonds. The van der Waals surface area contributed by atoms with Crippen molar-refractivity contribution in [2.45, 2.75) is 37.8 Å². The number of amides is 1. The lowest BCUT2D eigenvalue weighted by molar-refractivity contribution is -0.137. The normalized spacial score (nSPS) is 16.8. The molecular weight excluding hydrogens is 387 g/mol. The van der Waals surface area contributed by atoms with Crippen LogP contribution in [-0.2, 0) is 10.9 Å². The first-order chi connectivity index (χ1) is 13.8. The Hall–Kier alpha value is -2.74. The van der Waals surface area contributed by atoms with Gasteiger partial charge in [0.15, 0.2) is 6.10 Å². The van der Waals surface area contributed by atoms with Crippen LogP contribution in [0, 0.1) is 0 Å². The van der Waals surface area contributed by atoms with Gasteiger partial charge in [0.05, 0.1) is 5.56 Å². The number of carbonyl (C=O) groups is 1. The highest BCUT2D eigenvalue weighted by Gasteiger charge is 2.32. The van der Waals surface area contributed by atoms with Crippen molar-refractivity contribution in [2.24, 2.45) is 0 Å². The van der Waals surface area contributed by atoms with Crippen molar-refractivity contribution >= 4 is 6.09 Å². The van der Waals surface area contributed by atoms with E-state index in [9.17, 15) is 23.1 Å². The van der Waals surface area contributed by atoms with Gasteiger partial charge in [-0.3, -0.25) is 0 Å². The van der Waals surface area contributed by atoms with Gasteiger partial charge in [-0.15, -0.1) is 0 Å². The maximum Gasteiger partial charge on any atom is 0.416 e. The average Bonchev–Trinajstić information content (AvgIpc) is 2.73. The van der Waals surface area contributed by atoms with Crippen LogP contribution in [0.15, 0.2) is 54.6 Å². The van der Waals surface area contributed by atoms with E-state index in [-0.39, 0.29) is 5.75 Å². The topological polar surface area (TPSA) is 59.0 Å². The largest absolute Gasteiger partial charge is 0.479 e. The molecule has 0 radical (unpaired) electrons. The molecule has 0 saturated carbocycles. The third-order valence-corrected chi connectivity index (χ3v) is 4.67. The Morgan fingerprint density at radius 3 is 2.17 bits per heavy atom. The molecule has 5 nitrogen and oxygen atoms in total. The van der Waals surface area contributed by atoms with Gasteiger partial charge < -0.3 is 19.5 Å². The molecule has 1 saturated heterocycles. The number of benzene rings is 2. The van der Waals surface area contributed by atoms with Gasteiger partial charge in [0, 0.05) is 13.1 Å². The molecule has 1 unspecified atom stereocenters. The number of aliphatic hydroxyl groups excluding tert-OH is 1. The number of likely N-dealkylation sites (tertiary alicyclic amines) is 1. The van der Waals surface area contributed by atoms with Crippen LogP contribution in [0.25, 0.3) is 0 Å². The van der Waals surface area contributed by atoms with Crippen molar-refractivity contribution in [2.75, 3.05) is 13.1 Å². The first-order valence-electron chi connectivity index (χ1n) is 9.37. The summed E-state index contributed by atoms with van der Waals surface area (Å²) in [7, 11) is 0. The number of ether oxygens (including phenoxy) is 2. The maximum atomic E-state index is 12.8. The Labute approximate surface area is 166 Å². The SMILES string of the molecule is O=C(OC(O)[C@H](Oc1ccc(C(F)(F)F)cc1)c1ccccc1)N1CCCCC1. The van der Waals surface area contributed by atoms with Crippen molar-refractivity contribution in [1.82, 2.24) is 4.90 Å². The quantitative estimate of drug-likeness (QED) is 0.723. The highest BCUT2D eigenvalue weighted by Crippen LogP contribution is 2.32. The molecule has 2 aromatic carbocycles. The summed E-state index contributed by atoms with van der Waals surface area (Å²) in [6.07, 6.45) is -5.05. The molecule has 2 atom stereocenters. The number of hydrogen-bond acceptors (Lipinski definition) is 4. The van der Waals surface area contributed by atoms with Crippen molar-refractivity contribution in [3.05, 3.63) is 65.7 Å². The summed E-state index contributed by atoms with van der Waals surface area (Å²) in [5, 5.41) is 10.5. The number of nitrogens with zero attached hydrogens (tertiary/aromatic N) is 1.